The van der Waals surface area contributed by atoms with Crippen LogP contribution in [-0.4, -0.2) is 24.0 Å². The van der Waals surface area contributed by atoms with E-state index in [1.165, 1.54) is 18.4 Å². The van der Waals surface area contributed by atoms with Gasteiger partial charge in [0.25, 0.3) is 0 Å². The Balaban J connectivity index is 0.000000291. The molecule has 0 unspecified atom stereocenters. The number of aliphatic hydroxyl groups excluding tert-OH is 1. The molecule has 1 saturated carbocycles. The van der Waals surface area contributed by atoms with E-state index < -0.39 is 0 Å². The van der Waals surface area contributed by atoms with Crippen LogP contribution in [0.5, 0.6) is 5.75 Å². The Morgan fingerprint density at radius 2 is 1.94 bits per heavy atom. The van der Waals surface area contributed by atoms with Crippen LogP contribution in [0.25, 0.3) is 0 Å². The summed E-state index contributed by atoms with van der Waals surface area (Å²) in [6.45, 7) is 0.888. The Kier molecular flexibility index (Phi) is 5.25. The molecule has 0 spiro atoms. The molecule has 2 aliphatic rings. The van der Waals surface area contributed by atoms with Gasteiger partial charge < -0.3 is 15.1 Å². The number of ether oxygens (including phenoxy) is 1. The number of fused-ring (bicyclic) bond motifs is 1. The smallest absolute Gasteiger partial charge is 0.122 e. The molecule has 4 N–H and O–H groups in total. The Morgan fingerprint density at radius 1 is 1.25 bits per heavy atom. The van der Waals surface area contributed by atoms with Crippen molar-refractivity contribution in [1.82, 2.24) is 0 Å². The van der Waals surface area contributed by atoms with Crippen LogP contribution >= 0.6 is 0 Å². The number of hydrogen-bond donors (Lipinski definition) is 3. The molecule has 3 rings (SSSR count). The van der Waals surface area contributed by atoms with E-state index in [0.29, 0.717) is 0 Å². The summed E-state index contributed by atoms with van der Waals surface area (Å²) in [5, 5.41) is 13.5. The average molecular weight is 225 g/mol. The molecule has 0 amide bonds. The van der Waals surface area contributed by atoms with Gasteiger partial charge >= 0.3 is 0 Å². The summed E-state index contributed by atoms with van der Waals surface area (Å²) in [5.74, 6) is 5.50. The van der Waals surface area contributed by atoms with Gasteiger partial charge in [-0.2, -0.15) is 0 Å². The predicted molar refractivity (Wildman–Crippen MR) is 61.7 cm³/mol. The summed E-state index contributed by atoms with van der Waals surface area (Å²) < 4.78 is 5.52. The number of hydrogen-bond acceptors (Lipinski definition) is 4. The van der Waals surface area contributed by atoms with Crippen molar-refractivity contribution in [3.05, 3.63) is 29.3 Å². The van der Waals surface area contributed by atoms with Gasteiger partial charge in [-0.25, -0.2) is 5.90 Å². The molecule has 1 fully saturated rings. The van der Waals surface area contributed by atoms with Crippen molar-refractivity contribution in [1.29, 1.82) is 0 Å². The van der Waals surface area contributed by atoms with Gasteiger partial charge in [0, 0.05) is 19.1 Å². The maximum Gasteiger partial charge on any atom is 0.122 e. The van der Waals surface area contributed by atoms with E-state index in [9.17, 15) is 0 Å². The highest BCUT2D eigenvalue weighted by Gasteiger charge is 2.28. The molecule has 1 aliphatic carbocycles. The molecular weight excluding hydrogens is 206 g/mol. The topological polar surface area (TPSA) is 75.7 Å². The van der Waals surface area contributed by atoms with Crippen LogP contribution in [0.15, 0.2) is 18.2 Å². The summed E-state index contributed by atoms with van der Waals surface area (Å²) in [7, 11) is 1.00. The molecule has 0 atom stereocenters. The first kappa shape index (κ1) is 13.0. The van der Waals surface area contributed by atoms with Gasteiger partial charge in [-0.3, -0.25) is 0 Å². The predicted octanol–water partition coefficient (Wildman–Crippen LogP) is 1.44. The fourth-order valence-corrected chi connectivity index (χ4v) is 2.03. The van der Waals surface area contributed by atoms with Crippen LogP contribution in [0.4, 0.5) is 0 Å². The van der Waals surface area contributed by atoms with Crippen molar-refractivity contribution < 1.29 is 15.1 Å². The maximum atomic E-state index is 7.00. The second-order valence-electron chi connectivity index (χ2n) is 3.70. The summed E-state index contributed by atoms with van der Waals surface area (Å²) in [6.07, 6.45) is 3.90. The highest BCUT2D eigenvalue weighted by Crippen LogP contribution is 2.44. The lowest BCUT2D eigenvalue weighted by atomic mass is 10.0. The summed E-state index contributed by atoms with van der Waals surface area (Å²) >= 11 is 0. The van der Waals surface area contributed by atoms with Gasteiger partial charge in [-0.05, 0) is 30.4 Å². The molecular formula is C12H19NO3. The number of benzene rings is 1. The molecule has 0 radical (unpaired) electrons. The van der Waals surface area contributed by atoms with E-state index >= 15 is 0 Å². The molecule has 4 nitrogen and oxygen atoms in total. The van der Waals surface area contributed by atoms with Crippen molar-refractivity contribution in [2.45, 2.75) is 25.2 Å². The molecule has 0 aromatic heterocycles. The summed E-state index contributed by atoms with van der Waals surface area (Å²) in [5.41, 5.74) is 3.05. The van der Waals surface area contributed by atoms with Crippen molar-refractivity contribution in [2.24, 2.45) is 5.90 Å². The third-order valence-electron chi connectivity index (χ3n) is 2.80. The Hall–Kier alpha value is -1.10. The highest BCUT2D eigenvalue weighted by atomic mass is 16.5. The number of nitrogens with two attached hydrogens (primary N) is 1. The van der Waals surface area contributed by atoms with Crippen LogP contribution in [0.2, 0.25) is 0 Å². The molecule has 0 bridgehead atoms. The van der Waals surface area contributed by atoms with Gasteiger partial charge in [-0.15, -0.1) is 0 Å². The molecule has 1 aromatic rings. The number of rotatable bonds is 1. The Morgan fingerprint density at radius 3 is 2.56 bits per heavy atom. The zero-order valence-electron chi connectivity index (χ0n) is 9.52. The third-order valence-corrected chi connectivity index (χ3v) is 2.80. The normalized spacial score (nSPS) is 16.0. The van der Waals surface area contributed by atoms with Crippen LogP contribution < -0.4 is 10.6 Å². The first-order chi connectivity index (χ1) is 7.95. The lowest BCUT2D eigenvalue weighted by Crippen LogP contribution is -1.88. The largest absolute Gasteiger partial charge is 0.493 e. The molecule has 16 heavy (non-hydrogen) atoms. The molecule has 1 heterocycles. The Bertz CT molecular complexity index is 324. The van der Waals surface area contributed by atoms with Crippen LogP contribution in [0, 0.1) is 0 Å². The fourth-order valence-electron chi connectivity index (χ4n) is 2.03. The second-order valence-corrected chi connectivity index (χ2v) is 3.70. The van der Waals surface area contributed by atoms with Crippen LogP contribution in [0.3, 0.4) is 0 Å². The van der Waals surface area contributed by atoms with Gasteiger partial charge in [-0.1, -0.05) is 12.1 Å². The van der Waals surface area contributed by atoms with E-state index in [-0.39, 0.29) is 0 Å². The maximum absolute atomic E-state index is 7.00. The van der Waals surface area contributed by atoms with E-state index in [4.69, 9.17) is 15.1 Å². The number of aliphatic hydroxyl groups is 1. The van der Waals surface area contributed by atoms with Crippen molar-refractivity contribution in [3.63, 3.8) is 0 Å². The van der Waals surface area contributed by atoms with E-state index in [1.807, 2.05) is 0 Å². The zero-order valence-corrected chi connectivity index (χ0v) is 9.52. The van der Waals surface area contributed by atoms with Crippen LogP contribution in [-0.2, 0) is 6.42 Å². The third kappa shape index (κ3) is 2.72. The van der Waals surface area contributed by atoms with Gasteiger partial charge in [0.2, 0.25) is 0 Å². The van der Waals surface area contributed by atoms with Gasteiger partial charge in [0.15, 0.2) is 0 Å². The minimum absolute atomic E-state index is 0.863. The van der Waals surface area contributed by atoms with Crippen molar-refractivity contribution in [3.8, 4) is 5.75 Å². The zero-order chi connectivity index (χ0) is 12.0. The first-order valence-corrected chi connectivity index (χ1v) is 5.40. The monoisotopic (exact) mass is 225 g/mol. The first-order valence-electron chi connectivity index (χ1n) is 5.40. The van der Waals surface area contributed by atoms with Crippen LogP contribution in [0.1, 0.15) is 29.9 Å². The quantitative estimate of drug-likeness (QED) is 0.632. The Labute approximate surface area is 95.6 Å². The summed E-state index contributed by atoms with van der Waals surface area (Å²) in [6, 6.07) is 6.48. The second kappa shape index (κ2) is 6.48. The average Bonchev–Trinajstić information content (AvgIpc) is 3.11. The SMILES string of the molecule is CO.NO.c1cc2c(c(C3CC3)c1)CCO2. The lowest BCUT2D eigenvalue weighted by molar-refractivity contribution is 0.311. The lowest BCUT2D eigenvalue weighted by Gasteiger charge is -2.03. The minimum atomic E-state index is 0.863. The summed E-state index contributed by atoms with van der Waals surface area (Å²) in [4.78, 5) is 0. The van der Waals surface area contributed by atoms with Gasteiger partial charge in [0.1, 0.15) is 5.75 Å². The molecule has 0 saturated heterocycles. The van der Waals surface area contributed by atoms with E-state index in [2.05, 4.69) is 24.1 Å². The molecule has 1 aromatic carbocycles. The van der Waals surface area contributed by atoms with Gasteiger partial charge in [0.05, 0.1) is 6.61 Å². The van der Waals surface area contributed by atoms with E-state index in [1.54, 1.807) is 5.56 Å². The fraction of sp³-hybridized carbons (Fsp3) is 0.500. The van der Waals surface area contributed by atoms with E-state index in [0.717, 1.165) is 31.8 Å². The molecule has 4 heteroatoms. The van der Waals surface area contributed by atoms with Crippen molar-refractivity contribution in [2.75, 3.05) is 13.7 Å². The standard InChI is InChI=1S/C11H12O.CH4O.H3NO/c1-2-9(8-4-5-8)10-6-7-12-11(10)3-1;2*1-2/h1-3,8H,4-7H2;2H,1H3;2H,1H2. The highest BCUT2D eigenvalue weighted by molar-refractivity contribution is 5.45. The molecule has 1 aliphatic heterocycles. The minimum Gasteiger partial charge on any atom is -0.493 e. The molecule has 90 valence electrons. The van der Waals surface area contributed by atoms with Crippen molar-refractivity contribution >= 4 is 0 Å².